The van der Waals surface area contributed by atoms with Crippen LogP contribution in [0.2, 0.25) is 0 Å². The van der Waals surface area contributed by atoms with Crippen LogP contribution in [-0.4, -0.2) is 22.2 Å². The van der Waals surface area contributed by atoms with Crippen molar-refractivity contribution in [2.75, 3.05) is 0 Å². The number of unbranched alkanes of at least 4 members (excludes halogenated alkanes) is 20. The Morgan fingerprint density at radius 1 is 0.366 bits per heavy atom. The third kappa shape index (κ3) is 49.6. The molecule has 5 heteroatoms. The van der Waals surface area contributed by atoms with E-state index in [-0.39, 0.29) is 19.5 Å². The van der Waals surface area contributed by atoms with Gasteiger partial charge in [0.2, 0.25) is 0 Å². The minimum atomic E-state index is -0.656. The topological polar surface area (TPSA) is 74.6 Å². The van der Waals surface area contributed by atoms with Gasteiger partial charge in [0.1, 0.15) is 0 Å². The molecule has 2 N–H and O–H groups in total. The van der Waals surface area contributed by atoms with E-state index >= 15 is 0 Å². The second kappa shape index (κ2) is 31.0. The normalized spacial score (nSPS) is 11.5. The Balaban J connectivity index is -0.000000688. The third-order valence-corrected chi connectivity index (χ3v) is 7.63. The second-order valence-corrected chi connectivity index (χ2v) is 14.7. The van der Waals surface area contributed by atoms with Crippen molar-refractivity contribution in [2.45, 2.75) is 208 Å². The summed E-state index contributed by atoms with van der Waals surface area (Å²) in [6.45, 7) is 13.9. The minimum Gasteiger partial charge on any atom is -0.481 e. The van der Waals surface area contributed by atoms with Crippen LogP contribution in [0, 0.1) is 10.8 Å². The van der Waals surface area contributed by atoms with Crippen LogP contribution >= 0.6 is 0 Å². The fourth-order valence-corrected chi connectivity index (χ4v) is 5.05. The summed E-state index contributed by atoms with van der Waals surface area (Å²) in [6.07, 6.45) is 31.5. The molecule has 0 bridgehead atoms. The molecular weight excluding hydrogens is 562 g/mol. The molecule has 0 aromatic rings. The van der Waals surface area contributed by atoms with Crippen LogP contribution in [-0.2, 0) is 29.1 Å². The molecule has 0 amide bonds. The Kier molecular flexibility index (Phi) is 34.0. The summed E-state index contributed by atoms with van der Waals surface area (Å²) in [4.78, 5) is 20.7. The Morgan fingerprint density at radius 2 is 0.537 bits per heavy atom. The van der Waals surface area contributed by atoms with E-state index in [0.717, 1.165) is 25.7 Å². The van der Waals surface area contributed by atoms with Gasteiger partial charge in [-0.3, -0.25) is 9.59 Å². The number of hydrogen-bond donors (Lipinski definition) is 2. The van der Waals surface area contributed by atoms with Gasteiger partial charge in [-0.25, -0.2) is 0 Å². The van der Waals surface area contributed by atoms with Crippen molar-refractivity contribution in [1.82, 2.24) is 0 Å². The van der Waals surface area contributed by atoms with Gasteiger partial charge in [0.25, 0.3) is 0 Å². The van der Waals surface area contributed by atoms with E-state index in [4.69, 9.17) is 10.2 Å². The number of carbonyl (C=O) groups is 2. The van der Waals surface area contributed by atoms with Crippen LogP contribution in [0.5, 0.6) is 0 Å². The molecule has 0 atom stereocenters. The molecule has 0 fully saturated rings. The van der Waals surface area contributed by atoms with Crippen LogP contribution in [0.4, 0.5) is 0 Å². The predicted molar refractivity (Wildman–Crippen MR) is 174 cm³/mol. The first-order valence-corrected chi connectivity index (χ1v) is 17.3. The predicted octanol–water partition coefficient (Wildman–Crippen LogP) is 12.4. The first-order chi connectivity index (χ1) is 18.8. The van der Waals surface area contributed by atoms with Crippen molar-refractivity contribution < 1.29 is 39.3 Å². The van der Waals surface area contributed by atoms with Gasteiger partial charge in [0, 0.05) is 32.3 Å². The Hall–Kier alpha value is -0.437. The van der Waals surface area contributed by atoms with Gasteiger partial charge in [-0.05, 0) is 36.5 Å². The largest absolute Gasteiger partial charge is 0.481 e. The average molecular weight is 634 g/mol. The zero-order chi connectivity index (χ0) is 30.5. The van der Waals surface area contributed by atoms with Crippen molar-refractivity contribution in [1.29, 1.82) is 0 Å². The Labute approximate surface area is 269 Å². The molecule has 4 nitrogen and oxygen atoms in total. The summed E-state index contributed by atoms with van der Waals surface area (Å²) in [6, 6.07) is 0. The SMILES string of the molecule is CC(C)(C)CCCCCCCCCCCCCC(=O)O.CC(C)(C)CCCCCCCCCCCCCC(=O)O.[Zn]. The van der Waals surface area contributed by atoms with E-state index < -0.39 is 11.9 Å². The van der Waals surface area contributed by atoms with Crippen LogP contribution in [0.3, 0.4) is 0 Å². The summed E-state index contributed by atoms with van der Waals surface area (Å²) >= 11 is 0. The van der Waals surface area contributed by atoms with Crippen LogP contribution in [0.15, 0.2) is 0 Å². The van der Waals surface area contributed by atoms with Gasteiger partial charge in [0.05, 0.1) is 0 Å². The zero-order valence-electron chi connectivity index (χ0n) is 28.8. The Morgan fingerprint density at radius 3 is 0.707 bits per heavy atom. The summed E-state index contributed by atoms with van der Waals surface area (Å²) in [5, 5.41) is 17.0. The van der Waals surface area contributed by atoms with Gasteiger partial charge < -0.3 is 10.2 Å². The fraction of sp³-hybridized carbons (Fsp3) is 0.944. The first-order valence-electron chi connectivity index (χ1n) is 17.3. The fourth-order valence-electron chi connectivity index (χ4n) is 5.05. The molecule has 0 heterocycles. The van der Waals surface area contributed by atoms with Crippen molar-refractivity contribution in [3.05, 3.63) is 0 Å². The number of carboxylic acid groups (broad SMARTS) is 2. The van der Waals surface area contributed by atoms with E-state index in [2.05, 4.69) is 41.5 Å². The van der Waals surface area contributed by atoms with Gasteiger partial charge in [-0.2, -0.15) is 0 Å². The van der Waals surface area contributed by atoms with E-state index in [1.807, 2.05) is 0 Å². The van der Waals surface area contributed by atoms with Crippen LogP contribution in [0.1, 0.15) is 208 Å². The number of carboxylic acids is 2. The van der Waals surface area contributed by atoms with Gasteiger partial charge >= 0.3 is 11.9 Å². The van der Waals surface area contributed by atoms with E-state index in [1.165, 1.54) is 128 Å². The van der Waals surface area contributed by atoms with E-state index in [9.17, 15) is 9.59 Å². The number of hydrogen-bond acceptors (Lipinski definition) is 2. The van der Waals surface area contributed by atoms with Crippen LogP contribution < -0.4 is 0 Å². The summed E-state index contributed by atoms with van der Waals surface area (Å²) in [5.41, 5.74) is 1.00. The van der Waals surface area contributed by atoms with Crippen LogP contribution in [0.25, 0.3) is 0 Å². The molecule has 0 saturated carbocycles. The maximum Gasteiger partial charge on any atom is 0.303 e. The summed E-state index contributed by atoms with van der Waals surface area (Å²) in [7, 11) is 0. The molecule has 0 radical (unpaired) electrons. The third-order valence-electron chi connectivity index (χ3n) is 7.63. The number of aliphatic carboxylic acids is 2. The maximum absolute atomic E-state index is 10.3. The van der Waals surface area contributed by atoms with Crippen molar-refractivity contribution >= 4 is 11.9 Å². The zero-order valence-corrected chi connectivity index (χ0v) is 31.8. The van der Waals surface area contributed by atoms with E-state index in [0.29, 0.717) is 23.7 Å². The molecule has 0 aliphatic carbocycles. The van der Waals surface area contributed by atoms with Gasteiger partial charge in [0.15, 0.2) is 0 Å². The quantitative estimate of drug-likeness (QED) is 0.0734. The van der Waals surface area contributed by atoms with Gasteiger partial charge in [-0.15, -0.1) is 0 Å². The monoisotopic (exact) mass is 632 g/mol. The molecule has 0 aromatic heterocycles. The first kappa shape index (κ1) is 45.0. The number of rotatable bonds is 26. The minimum absolute atomic E-state index is 0. The molecule has 41 heavy (non-hydrogen) atoms. The maximum atomic E-state index is 10.3. The summed E-state index contributed by atoms with van der Waals surface area (Å²) < 4.78 is 0. The molecule has 0 spiro atoms. The molecule has 0 aromatic carbocycles. The molecule has 0 saturated heterocycles. The standard InChI is InChI=1S/2C18H36O2.Zn/c2*1-18(2,3)16-14-12-10-8-6-4-5-7-9-11-13-15-17(19)20;/h2*4-16H2,1-3H3,(H,19,20);. The molecule has 0 aliphatic rings. The molecule has 0 aliphatic heterocycles. The molecular formula is C36H72O4Zn. The molecule has 242 valence electrons. The average Bonchev–Trinajstić information content (AvgIpc) is 2.83. The summed E-state index contributed by atoms with van der Waals surface area (Å²) in [5.74, 6) is -1.31. The van der Waals surface area contributed by atoms with E-state index in [1.54, 1.807) is 0 Å². The smallest absolute Gasteiger partial charge is 0.303 e. The molecule has 0 unspecified atom stereocenters. The Bertz CT molecular complexity index is 513. The van der Waals surface area contributed by atoms with Crippen molar-refractivity contribution in [2.24, 2.45) is 10.8 Å². The van der Waals surface area contributed by atoms with Crippen molar-refractivity contribution in [3.63, 3.8) is 0 Å². The van der Waals surface area contributed by atoms with Gasteiger partial charge in [-0.1, -0.05) is 170 Å². The second-order valence-electron chi connectivity index (χ2n) is 14.7. The molecule has 0 rings (SSSR count). The van der Waals surface area contributed by atoms with Crippen molar-refractivity contribution in [3.8, 4) is 0 Å².